The Bertz CT molecular complexity index is 194. The van der Waals surface area contributed by atoms with Crippen LogP contribution in [0.1, 0.15) is 32.1 Å². The van der Waals surface area contributed by atoms with Crippen molar-refractivity contribution in [1.82, 2.24) is 0 Å². The molecule has 1 atom stereocenters. The molecule has 0 aromatic rings. The van der Waals surface area contributed by atoms with Gasteiger partial charge in [0.05, 0.1) is 0 Å². The van der Waals surface area contributed by atoms with E-state index in [0.717, 1.165) is 19.3 Å². The zero-order chi connectivity index (χ0) is 9.68. The molecule has 1 unspecified atom stereocenters. The van der Waals surface area contributed by atoms with Crippen molar-refractivity contribution in [2.75, 3.05) is 6.61 Å². The van der Waals surface area contributed by atoms with Gasteiger partial charge in [-0.15, -0.1) is 9.42 Å². The third-order valence-corrected chi connectivity index (χ3v) is 2.79. The van der Waals surface area contributed by atoms with Gasteiger partial charge < -0.3 is 0 Å². The number of hydrogen-bond donors (Lipinski definition) is 1. The molecule has 4 nitrogen and oxygen atoms in total. The number of hydrogen-bond acceptors (Lipinski definition) is 3. The minimum atomic E-state index is -2.45. The highest BCUT2D eigenvalue weighted by Gasteiger charge is 2.20. The van der Waals surface area contributed by atoms with E-state index in [4.69, 9.17) is 4.89 Å². The lowest BCUT2D eigenvalue weighted by molar-refractivity contribution is -0.121. The molecule has 0 aromatic heterocycles. The van der Waals surface area contributed by atoms with Gasteiger partial charge in [0.15, 0.2) is 0 Å². The van der Waals surface area contributed by atoms with Crippen LogP contribution in [-0.2, 0) is 13.9 Å². The summed E-state index contributed by atoms with van der Waals surface area (Å²) in [4.78, 5) is 19.2. The van der Waals surface area contributed by atoms with Gasteiger partial charge in [0.2, 0.25) is 0 Å². The van der Waals surface area contributed by atoms with Crippen molar-refractivity contribution >= 4 is 14.0 Å². The highest BCUT2D eigenvalue weighted by atomic mass is 31.1. The summed E-state index contributed by atoms with van der Waals surface area (Å²) in [6, 6.07) is 0. The Hall–Kier alpha value is -0.310. The van der Waals surface area contributed by atoms with Gasteiger partial charge in [0.25, 0.3) is 0 Å². The minimum Gasteiger partial charge on any atom is -0.300 e. The predicted molar refractivity (Wildman–Crippen MR) is 47.4 cm³/mol. The largest absolute Gasteiger partial charge is 0.694 e. The molecule has 1 rings (SSSR count). The standard InChI is InChI=1S/C8H13O4P/c9-8-3-1-7(2-4-8)5-6-12-13(10)11/h7H,1-6H2/p+1. The molecule has 0 bridgehead atoms. The van der Waals surface area contributed by atoms with Crippen LogP contribution in [0.3, 0.4) is 0 Å². The van der Waals surface area contributed by atoms with Crippen LogP contribution in [0.5, 0.6) is 0 Å². The van der Waals surface area contributed by atoms with Crippen molar-refractivity contribution in [1.29, 1.82) is 0 Å². The van der Waals surface area contributed by atoms with E-state index in [1.807, 2.05) is 0 Å². The fourth-order valence-corrected chi connectivity index (χ4v) is 1.85. The topological polar surface area (TPSA) is 63.6 Å². The second kappa shape index (κ2) is 5.43. The maximum absolute atomic E-state index is 10.9. The summed E-state index contributed by atoms with van der Waals surface area (Å²) in [5, 5.41) is 0. The number of carbonyl (C=O) groups is 1. The van der Waals surface area contributed by atoms with E-state index in [2.05, 4.69) is 4.52 Å². The van der Waals surface area contributed by atoms with Crippen molar-refractivity contribution in [3.63, 3.8) is 0 Å². The highest BCUT2D eigenvalue weighted by molar-refractivity contribution is 7.32. The van der Waals surface area contributed by atoms with E-state index in [0.29, 0.717) is 31.1 Å². The Morgan fingerprint density at radius 2 is 2.08 bits per heavy atom. The molecule has 5 heteroatoms. The zero-order valence-corrected chi connectivity index (χ0v) is 8.33. The molecule has 0 saturated heterocycles. The number of carbonyl (C=O) groups excluding carboxylic acids is 1. The predicted octanol–water partition coefficient (Wildman–Crippen LogP) is 1.80. The van der Waals surface area contributed by atoms with Crippen molar-refractivity contribution in [3.05, 3.63) is 0 Å². The molecule has 1 fully saturated rings. The van der Waals surface area contributed by atoms with Gasteiger partial charge in [0, 0.05) is 17.4 Å². The van der Waals surface area contributed by atoms with Crippen LogP contribution in [0.15, 0.2) is 0 Å². The smallest absolute Gasteiger partial charge is 0.300 e. The zero-order valence-electron chi connectivity index (χ0n) is 7.44. The molecule has 0 amide bonds. The molecule has 1 saturated carbocycles. The van der Waals surface area contributed by atoms with E-state index in [-0.39, 0.29) is 0 Å². The summed E-state index contributed by atoms with van der Waals surface area (Å²) in [6.07, 6.45) is 3.93. The molecule has 0 heterocycles. The normalized spacial score (nSPS) is 20.4. The fraction of sp³-hybridized carbons (Fsp3) is 0.875. The summed E-state index contributed by atoms with van der Waals surface area (Å²) in [7, 11) is -2.45. The third-order valence-electron chi connectivity index (χ3n) is 2.39. The van der Waals surface area contributed by atoms with Gasteiger partial charge in [-0.25, -0.2) is 0 Å². The molecular formula is C8H14O4P+. The van der Waals surface area contributed by atoms with E-state index in [9.17, 15) is 9.36 Å². The quantitative estimate of drug-likeness (QED) is 0.711. The monoisotopic (exact) mass is 205 g/mol. The molecule has 0 spiro atoms. The maximum Gasteiger partial charge on any atom is 0.694 e. The van der Waals surface area contributed by atoms with Crippen molar-refractivity contribution in [3.8, 4) is 0 Å². The van der Waals surface area contributed by atoms with Gasteiger partial charge in [0.1, 0.15) is 12.4 Å². The van der Waals surface area contributed by atoms with Crippen molar-refractivity contribution < 1.29 is 18.8 Å². The SMILES string of the molecule is O=C1CCC(CCO[P+](=O)O)CC1. The molecule has 0 aliphatic heterocycles. The molecule has 74 valence electrons. The van der Waals surface area contributed by atoms with Gasteiger partial charge in [-0.1, -0.05) is 0 Å². The van der Waals surface area contributed by atoms with Crippen LogP contribution >= 0.6 is 8.25 Å². The Kier molecular flexibility index (Phi) is 4.50. The van der Waals surface area contributed by atoms with Crippen LogP contribution in [0.4, 0.5) is 0 Å². The first-order valence-corrected chi connectivity index (χ1v) is 5.62. The molecule has 0 aromatic carbocycles. The lowest BCUT2D eigenvalue weighted by Crippen LogP contribution is -2.14. The Labute approximate surface area is 78.2 Å². The second-order valence-corrected chi connectivity index (χ2v) is 4.08. The summed E-state index contributed by atoms with van der Waals surface area (Å²) in [5.41, 5.74) is 0. The maximum atomic E-state index is 10.9. The van der Waals surface area contributed by atoms with Gasteiger partial charge in [-0.2, -0.15) is 0 Å². The van der Waals surface area contributed by atoms with Crippen LogP contribution in [0, 0.1) is 5.92 Å². The molecule has 1 aliphatic carbocycles. The minimum absolute atomic E-state index is 0.324. The Morgan fingerprint density at radius 3 is 2.62 bits per heavy atom. The van der Waals surface area contributed by atoms with E-state index in [1.54, 1.807) is 0 Å². The van der Waals surface area contributed by atoms with Crippen LogP contribution < -0.4 is 0 Å². The Balaban J connectivity index is 2.09. The average Bonchev–Trinajstić information content (AvgIpc) is 2.08. The van der Waals surface area contributed by atoms with Crippen LogP contribution in [0.2, 0.25) is 0 Å². The summed E-state index contributed by atoms with van der Waals surface area (Å²) >= 11 is 0. The molecule has 1 N–H and O–H groups in total. The van der Waals surface area contributed by atoms with E-state index >= 15 is 0 Å². The van der Waals surface area contributed by atoms with Gasteiger partial charge in [-0.05, 0) is 25.2 Å². The number of Topliss-reactive ketones (excluding diaryl/α,β-unsaturated/α-hetero) is 1. The van der Waals surface area contributed by atoms with Crippen LogP contribution in [-0.4, -0.2) is 17.3 Å². The third kappa shape index (κ3) is 4.46. The fourth-order valence-electron chi connectivity index (χ4n) is 1.59. The van der Waals surface area contributed by atoms with Crippen molar-refractivity contribution in [2.24, 2.45) is 5.92 Å². The van der Waals surface area contributed by atoms with E-state index < -0.39 is 8.25 Å². The van der Waals surface area contributed by atoms with Gasteiger partial charge in [-0.3, -0.25) is 4.79 Å². The number of ketones is 1. The van der Waals surface area contributed by atoms with Crippen LogP contribution in [0.25, 0.3) is 0 Å². The summed E-state index contributed by atoms with van der Waals surface area (Å²) < 4.78 is 14.7. The molecule has 0 radical (unpaired) electrons. The highest BCUT2D eigenvalue weighted by Crippen LogP contribution is 2.25. The number of rotatable bonds is 4. The summed E-state index contributed by atoms with van der Waals surface area (Å²) in [5.74, 6) is 0.832. The molecule has 1 aliphatic rings. The average molecular weight is 205 g/mol. The molecular weight excluding hydrogens is 191 g/mol. The van der Waals surface area contributed by atoms with Gasteiger partial charge >= 0.3 is 8.25 Å². The lowest BCUT2D eigenvalue weighted by atomic mass is 9.86. The molecule has 13 heavy (non-hydrogen) atoms. The second-order valence-electron chi connectivity index (χ2n) is 3.34. The summed E-state index contributed by atoms with van der Waals surface area (Å²) in [6.45, 7) is 0.324. The lowest BCUT2D eigenvalue weighted by Gasteiger charge is -2.19. The first-order chi connectivity index (χ1) is 6.18. The first kappa shape index (κ1) is 10.8. The first-order valence-electron chi connectivity index (χ1n) is 4.49. The van der Waals surface area contributed by atoms with E-state index in [1.165, 1.54) is 0 Å². The van der Waals surface area contributed by atoms with Crippen molar-refractivity contribution in [2.45, 2.75) is 32.1 Å². The Morgan fingerprint density at radius 1 is 1.46 bits per heavy atom.